The highest BCUT2D eigenvalue weighted by Crippen LogP contribution is 2.40. The lowest BCUT2D eigenvalue weighted by atomic mass is 9.80. The molecule has 2 aliphatic rings. The molecule has 3 rings (SSSR count). The van der Waals surface area contributed by atoms with E-state index in [4.69, 9.17) is 5.73 Å². The predicted octanol–water partition coefficient (Wildman–Crippen LogP) is 2.54. The first-order valence-corrected chi connectivity index (χ1v) is 8.04. The van der Waals surface area contributed by atoms with Gasteiger partial charge in [-0.25, -0.2) is 4.39 Å². The first kappa shape index (κ1) is 14.8. The van der Waals surface area contributed by atoms with Gasteiger partial charge in [-0.05, 0) is 47.8 Å². The van der Waals surface area contributed by atoms with Gasteiger partial charge in [0.2, 0.25) is 0 Å². The molecule has 0 amide bonds. The zero-order valence-corrected chi connectivity index (χ0v) is 13.3. The van der Waals surface area contributed by atoms with Crippen molar-refractivity contribution in [2.75, 3.05) is 30.7 Å². The van der Waals surface area contributed by atoms with Gasteiger partial charge in [-0.1, -0.05) is 0 Å². The van der Waals surface area contributed by atoms with Crippen molar-refractivity contribution in [2.24, 2.45) is 11.3 Å². The summed E-state index contributed by atoms with van der Waals surface area (Å²) in [6, 6.07) is 2.91. The summed E-state index contributed by atoms with van der Waals surface area (Å²) in [6.45, 7) is 2.04. The summed E-state index contributed by atoms with van der Waals surface area (Å²) in [5, 5.41) is 6.46. The molecule has 0 aromatic heterocycles. The molecule has 21 heavy (non-hydrogen) atoms. The van der Waals surface area contributed by atoms with Crippen LogP contribution in [-0.4, -0.2) is 25.4 Å². The second-order valence-corrected chi connectivity index (χ2v) is 6.91. The molecule has 1 aliphatic heterocycles. The zero-order chi connectivity index (χ0) is 15.0. The molecule has 6 heteroatoms. The Morgan fingerprint density at radius 1 is 1.52 bits per heavy atom. The number of benzene rings is 1. The van der Waals surface area contributed by atoms with Crippen molar-refractivity contribution in [1.29, 1.82) is 0 Å². The van der Waals surface area contributed by atoms with Gasteiger partial charge in [0.05, 0.1) is 21.3 Å². The molecule has 0 spiro atoms. The highest BCUT2D eigenvalue weighted by atomic mass is 79.9. The van der Waals surface area contributed by atoms with Crippen LogP contribution in [0.4, 0.5) is 15.8 Å². The maximum absolute atomic E-state index is 13.6. The van der Waals surface area contributed by atoms with Crippen molar-refractivity contribution in [3.8, 4) is 0 Å². The average Bonchev–Trinajstić information content (AvgIpc) is 3.19. The minimum absolute atomic E-state index is 0.228. The first-order valence-electron chi connectivity index (χ1n) is 7.25. The minimum Gasteiger partial charge on any atom is -0.397 e. The Kier molecular flexibility index (Phi) is 3.92. The second-order valence-electron chi connectivity index (χ2n) is 6.05. The van der Waals surface area contributed by atoms with E-state index in [0.717, 1.165) is 25.8 Å². The molecule has 0 unspecified atom stereocenters. The lowest BCUT2D eigenvalue weighted by Gasteiger charge is -2.28. The number of nitrogen functional groups attached to an aromatic ring is 1. The first-order chi connectivity index (χ1) is 10.0. The summed E-state index contributed by atoms with van der Waals surface area (Å²) >= 11 is 3.11. The number of rotatable bonds is 5. The maximum atomic E-state index is 13.6. The van der Waals surface area contributed by atoms with Crippen LogP contribution in [-0.2, 0) is 4.79 Å². The standard InChI is InChI=1S/C15H19BrFN3O/c16-10-5-12(18)13(6-11(10)17)20-8-15(3-4-19-7-15)14(21)9-1-2-9/h5-6,9,19-20H,1-4,7-8,18H2/t15-/m0/s1. The van der Waals surface area contributed by atoms with Gasteiger partial charge in [-0.15, -0.1) is 0 Å². The monoisotopic (exact) mass is 355 g/mol. The zero-order valence-electron chi connectivity index (χ0n) is 11.7. The number of carbonyl (C=O) groups is 1. The number of halogens is 2. The van der Waals surface area contributed by atoms with Crippen LogP contribution in [0.5, 0.6) is 0 Å². The Balaban J connectivity index is 1.75. The van der Waals surface area contributed by atoms with E-state index in [9.17, 15) is 9.18 Å². The highest BCUT2D eigenvalue weighted by Gasteiger charge is 2.47. The molecule has 1 saturated carbocycles. The van der Waals surface area contributed by atoms with Gasteiger partial charge in [-0.3, -0.25) is 4.79 Å². The van der Waals surface area contributed by atoms with Gasteiger partial charge in [0, 0.05) is 25.1 Å². The Labute approximate surface area is 131 Å². The molecule has 1 atom stereocenters. The van der Waals surface area contributed by atoms with Crippen LogP contribution in [0.25, 0.3) is 0 Å². The maximum Gasteiger partial charge on any atom is 0.145 e. The molecule has 1 heterocycles. The number of ketones is 1. The topological polar surface area (TPSA) is 67.1 Å². The fraction of sp³-hybridized carbons (Fsp3) is 0.533. The summed E-state index contributed by atoms with van der Waals surface area (Å²) in [7, 11) is 0. The molecule has 2 fully saturated rings. The van der Waals surface area contributed by atoms with Crippen molar-refractivity contribution in [3.63, 3.8) is 0 Å². The molecule has 0 radical (unpaired) electrons. The number of anilines is 2. The quantitative estimate of drug-likeness (QED) is 0.710. The number of hydrogen-bond donors (Lipinski definition) is 3. The number of hydrogen-bond acceptors (Lipinski definition) is 4. The number of nitrogens with one attached hydrogen (secondary N) is 2. The van der Waals surface area contributed by atoms with E-state index in [1.165, 1.54) is 6.07 Å². The summed E-state index contributed by atoms with van der Waals surface area (Å²) < 4.78 is 14.0. The van der Waals surface area contributed by atoms with Crippen LogP contribution in [0.3, 0.4) is 0 Å². The molecule has 0 bridgehead atoms. The van der Waals surface area contributed by atoms with Crippen LogP contribution in [0.15, 0.2) is 16.6 Å². The van der Waals surface area contributed by atoms with E-state index in [2.05, 4.69) is 26.6 Å². The van der Waals surface area contributed by atoms with Gasteiger partial charge in [0.25, 0.3) is 0 Å². The van der Waals surface area contributed by atoms with Gasteiger partial charge in [0.15, 0.2) is 0 Å². The van der Waals surface area contributed by atoms with Gasteiger partial charge >= 0.3 is 0 Å². The van der Waals surface area contributed by atoms with E-state index in [0.29, 0.717) is 34.7 Å². The van der Waals surface area contributed by atoms with E-state index in [1.807, 2.05) is 0 Å². The van der Waals surface area contributed by atoms with Crippen LogP contribution in [0.2, 0.25) is 0 Å². The normalized spacial score (nSPS) is 25.0. The largest absolute Gasteiger partial charge is 0.397 e. The second kappa shape index (κ2) is 5.57. The minimum atomic E-state index is -0.378. The van der Waals surface area contributed by atoms with Crippen molar-refractivity contribution in [3.05, 3.63) is 22.4 Å². The molecule has 114 valence electrons. The van der Waals surface area contributed by atoms with Crippen molar-refractivity contribution < 1.29 is 9.18 Å². The van der Waals surface area contributed by atoms with E-state index in [1.54, 1.807) is 6.07 Å². The van der Waals surface area contributed by atoms with E-state index in [-0.39, 0.29) is 17.2 Å². The molecular formula is C15H19BrFN3O. The lowest BCUT2D eigenvalue weighted by Crippen LogP contribution is -2.41. The number of Topliss-reactive ketones (excluding diaryl/α,β-unsaturated/α-hetero) is 1. The lowest BCUT2D eigenvalue weighted by molar-refractivity contribution is -0.128. The number of carbonyl (C=O) groups excluding carboxylic acids is 1. The molecular weight excluding hydrogens is 337 g/mol. The van der Waals surface area contributed by atoms with Crippen LogP contribution < -0.4 is 16.4 Å². The molecule has 1 saturated heterocycles. The van der Waals surface area contributed by atoms with Crippen molar-refractivity contribution >= 4 is 33.1 Å². The van der Waals surface area contributed by atoms with Gasteiger partial charge in [0.1, 0.15) is 11.6 Å². The highest BCUT2D eigenvalue weighted by molar-refractivity contribution is 9.10. The smallest absolute Gasteiger partial charge is 0.145 e. The summed E-state index contributed by atoms with van der Waals surface area (Å²) in [5.74, 6) is 0.209. The van der Waals surface area contributed by atoms with Gasteiger partial charge in [-0.2, -0.15) is 0 Å². The number of nitrogens with two attached hydrogens (primary N) is 1. The predicted molar refractivity (Wildman–Crippen MR) is 84.7 cm³/mol. The molecule has 1 aromatic carbocycles. The fourth-order valence-electron chi connectivity index (χ4n) is 2.95. The molecule has 1 aliphatic carbocycles. The Hall–Kier alpha value is -1.14. The Morgan fingerprint density at radius 2 is 2.29 bits per heavy atom. The van der Waals surface area contributed by atoms with Crippen LogP contribution >= 0.6 is 15.9 Å². The Morgan fingerprint density at radius 3 is 2.90 bits per heavy atom. The molecule has 4 nitrogen and oxygen atoms in total. The van der Waals surface area contributed by atoms with Crippen LogP contribution in [0, 0.1) is 17.2 Å². The third-order valence-corrected chi connectivity index (χ3v) is 5.03. The third kappa shape index (κ3) is 2.92. The molecule has 4 N–H and O–H groups in total. The van der Waals surface area contributed by atoms with E-state index >= 15 is 0 Å². The summed E-state index contributed by atoms with van der Waals surface area (Å²) in [4.78, 5) is 12.6. The fourth-order valence-corrected chi connectivity index (χ4v) is 3.31. The average molecular weight is 356 g/mol. The molecule has 1 aromatic rings. The van der Waals surface area contributed by atoms with Gasteiger partial charge < -0.3 is 16.4 Å². The van der Waals surface area contributed by atoms with Crippen LogP contribution in [0.1, 0.15) is 19.3 Å². The Bertz CT molecular complexity index is 568. The van der Waals surface area contributed by atoms with E-state index < -0.39 is 0 Å². The van der Waals surface area contributed by atoms with Crippen molar-refractivity contribution in [1.82, 2.24) is 5.32 Å². The summed E-state index contributed by atoms with van der Waals surface area (Å²) in [6.07, 6.45) is 2.85. The SMILES string of the molecule is Nc1cc(Br)c(F)cc1NC[C@]1(C(=O)C2CC2)CCNC1. The third-order valence-electron chi connectivity index (χ3n) is 4.42. The summed E-state index contributed by atoms with van der Waals surface area (Å²) in [5.41, 5.74) is 6.55. The van der Waals surface area contributed by atoms with Crippen molar-refractivity contribution in [2.45, 2.75) is 19.3 Å².